The molecule has 9 heteroatoms. The molecule has 0 N–H and O–H groups in total. The Hall–Kier alpha value is -2.68. The van der Waals surface area contributed by atoms with E-state index in [1.54, 1.807) is 14.2 Å². The number of methoxy groups -OCH3 is 2. The van der Waals surface area contributed by atoms with Gasteiger partial charge in [0.05, 0.1) is 20.3 Å². The van der Waals surface area contributed by atoms with E-state index >= 15 is 0 Å². The summed E-state index contributed by atoms with van der Waals surface area (Å²) in [5.41, 5.74) is 2.19. The van der Waals surface area contributed by atoms with Crippen molar-refractivity contribution in [3.63, 3.8) is 0 Å². The summed E-state index contributed by atoms with van der Waals surface area (Å²) in [7, 11) is 3.37. The van der Waals surface area contributed by atoms with Gasteiger partial charge in [-0.15, -0.1) is 5.10 Å². The monoisotopic (exact) mass is 442 g/mol. The Kier molecular flexibility index (Phi) is 7.01. The van der Waals surface area contributed by atoms with E-state index in [2.05, 4.69) is 37.5 Å². The van der Waals surface area contributed by atoms with Gasteiger partial charge in [-0.1, -0.05) is 35.9 Å². The molecule has 1 fully saturated rings. The molecule has 8 nitrogen and oxygen atoms in total. The molecule has 1 saturated heterocycles. The molecule has 0 radical (unpaired) electrons. The summed E-state index contributed by atoms with van der Waals surface area (Å²) in [6, 6.07) is 16.0. The Morgan fingerprint density at radius 2 is 1.84 bits per heavy atom. The summed E-state index contributed by atoms with van der Waals surface area (Å²) in [4.78, 5) is 4.77. The normalized spacial score (nSPS) is 15.8. The summed E-state index contributed by atoms with van der Waals surface area (Å²) in [6.07, 6.45) is 0. The van der Waals surface area contributed by atoms with Crippen LogP contribution in [0.25, 0.3) is 0 Å². The van der Waals surface area contributed by atoms with E-state index in [4.69, 9.17) is 21.1 Å². The first-order valence-corrected chi connectivity index (χ1v) is 10.7. The number of hydrogen-bond donors (Lipinski definition) is 0. The van der Waals surface area contributed by atoms with Crippen LogP contribution in [-0.2, 0) is 11.3 Å². The van der Waals surface area contributed by atoms with Crippen molar-refractivity contribution in [2.45, 2.75) is 12.6 Å². The number of piperazine rings is 1. The lowest BCUT2D eigenvalue weighted by atomic mass is 10.0. The molecule has 0 amide bonds. The third-order valence-corrected chi connectivity index (χ3v) is 5.83. The molecule has 0 spiro atoms. The average molecular weight is 443 g/mol. The van der Waals surface area contributed by atoms with Crippen molar-refractivity contribution < 1.29 is 9.47 Å². The van der Waals surface area contributed by atoms with Crippen molar-refractivity contribution in [2.24, 2.45) is 0 Å². The molecule has 1 aliphatic heterocycles. The molecule has 2 heterocycles. The van der Waals surface area contributed by atoms with E-state index in [0.29, 0.717) is 13.2 Å². The van der Waals surface area contributed by atoms with Gasteiger partial charge >= 0.3 is 0 Å². The zero-order valence-electron chi connectivity index (χ0n) is 17.8. The minimum atomic E-state index is -0.121. The Balaban J connectivity index is 1.62. The first kappa shape index (κ1) is 21.5. The number of tetrazole rings is 1. The molecule has 164 valence electrons. The fraction of sp³-hybridized carbons (Fsp3) is 0.409. The van der Waals surface area contributed by atoms with Gasteiger partial charge in [-0.25, -0.2) is 4.68 Å². The average Bonchev–Trinajstić information content (AvgIpc) is 3.26. The van der Waals surface area contributed by atoms with Gasteiger partial charge < -0.3 is 14.4 Å². The standard InChI is InChI=1S/C22H27ClN6O2/c1-30-15-14-29-22(24-25-26-29)21(19-8-3-4-9-20(19)31-2)28-12-10-27(11-13-28)18-7-5-6-17(23)16-18/h3-9,16,21H,10-15H2,1-2H3. The lowest BCUT2D eigenvalue weighted by Gasteiger charge is -2.40. The largest absolute Gasteiger partial charge is 0.496 e. The zero-order valence-corrected chi connectivity index (χ0v) is 18.6. The second-order valence-electron chi connectivity index (χ2n) is 7.40. The molecular weight excluding hydrogens is 416 g/mol. The molecule has 2 aromatic carbocycles. The smallest absolute Gasteiger partial charge is 0.173 e. The Bertz CT molecular complexity index is 989. The van der Waals surface area contributed by atoms with Gasteiger partial charge in [-0.3, -0.25) is 4.90 Å². The number of nitrogens with zero attached hydrogens (tertiary/aromatic N) is 6. The molecule has 4 rings (SSSR count). The molecule has 1 aromatic heterocycles. The summed E-state index contributed by atoms with van der Waals surface area (Å²) >= 11 is 6.20. The highest BCUT2D eigenvalue weighted by atomic mass is 35.5. The minimum absolute atomic E-state index is 0.121. The fourth-order valence-corrected chi connectivity index (χ4v) is 4.23. The molecule has 31 heavy (non-hydrogen) atoms. The van der Waals surface area contributed by atoms with Crippen LogP contribution < -0.4 is 9.64 Å². The number of aromatic nitrogens is 4. The van der Waals surface area contributed by atoms with Crippen molar-refractivity contribution >= 4 is 17.3 Å². The van der Waals surface area contributed by atoms with Crippen molar-refractivity contribution in [1.82, 2.24) is 25.1 Å². The van der Waals surface area contributed by atoms with Crippen molar-refractivity contribution in [2.75, 3.05) is 51.9 Å². The highest BCUT2D eigenvalue weighted by molar-refractivity contribution is 6.30. The summed E-state index contributed by atoms with van der Waals surface area (Å²) in [5.74, 6) is 1.61. The number of para-hydroxylation sites is 1. The third-order valence-electron chi connectivity index (χ3n) is 5.60. The second-order valence-corrected chi connectivity index (χ2v) is 7.84. The number of rotatable bonds is 8. The molecule has 1 unspecified atom stereocenters. The number of hydrogen-bond acceptors (Lipinski definition) is 7. The quantitative estimate of drug-likeness (QED) is 0.531. The minimum Gasteiger partial charge on any atom is -0.496 e. The molecule has 0 bridgehead atoms. The van der Waals surface area contributed by atoms with Crippen molar-refractivity contribution in [3.05, 3.63) is 64.9 Å². The predicted octanol–water partition coefficient (Wildman–Crippen LogP) is 2.89. The van der Waals surface area contributed by atoms with Gasteiger partial charge in [0.2, 0.25) is 0 Å². The van der Waals surface area contributed by atoms with Gasteiger partial charge in [-0.2, -0.15) is 0 Å². The number of ether oxygens (including phenoxy) is 2. The Labute approximate surface area is 187 Å². The van der Waals surface area contributed by atoms with Crippen LogP contribution in [0, 0.1) is 0 Å². The molecular formula is C22H27ClN6O2. The van der Waals surface area contributed by atoms with Gasteiger partial charge in [0.15, 0.2) is 5.82 Å². The van der Waals surface area contributed by atoms with Crippen LogP contribution in [0.1, 0.15) is 17.4 Å². The SMILES string of the molecule is COCCn1nnnc1C(c1ccccc1OC)N1CCN(c2cccc(Cl)c2)CC1. The van der Waals surface area contributed by atoms with Gasteiger partial charge in [0.25, 0.3) is 0 Å². The Morgan fingerprint density at radius 3 is 2.58 bits per heavy atom. The van der Waals surface area contributed by atoms with E-state index in [9.17, 15) is 0 Å². The van der Waals surface area contributed by atoms with Crippen LogP contribution in [0.2, 0.25) is 5.02 Å². The van der Waals surface area contributed by atoms with Crippen LogP contribution in [0.4, 0.5) is 5.69 Å². The topological polar surface area (TPSA) is 68.5 Å². The number of anilines is 1. The molecule has 1 aliphatic rings. The maximum absolute atomic E-state index is 6.20. The number of halogens is 1. The van der Waals surface area contributed by atoms with Crippen LogP contribution in [-0.4, -0.2) is 72.1 Å². The highest BCUT2D eigenvalue weighted by Crippen LogP contribution is 2.34. The maximum Gasteiger partial charge on any atom is 0.173 e. The van der Waals surface area contributed by atoms with Crippen molar-refractivity contribution in [1.29, 1.82) is 0 Å². The second kappa shape index (κ2) is 10.1. The first-order chi connectivity index (χ1) is 15.2. The molecule has 1 atom stereocenters. The zero-order chi connectivity index (χ0) is 21.6. The van der Waals surface area contributed by atoms with E-state index in [-0.39, 0.29) is 6.04 Å². The van der Waals surface area contributed by atoms with Gasteiger partial charge in [0, 0.05) is 49.6 Å². The van der Waals surface area contributed by atoms with Gasteiger partial charge in [-0.05, 0) is 34.7 Å². The van der Waals surface area contributed by atoms with E-state index in [0.717, 1.165) is 54.0 Å². The van der Waals surface area contributed by atoms with E-state index < -0.39 is 0 Å². The van der Waals surface area contributed by atoms with Gasteiger partial charge in [0.1, 0.15) is 11.8 Å². The fourth-order valence-electron chi connectivity index (χ4n) is 4.05. The lowest BCUT2D eigenvalue weighted by Crippen LogP contribution is -2.48. The first-order valence-electron chi connectivity index (χ1n) is 10.3. The van der Waals surface area contributed by atoms with Crippen LogP contribution >= 0.6 is 11.6 Å². The third kappa shape index (κ3) is 4.81. The van der Waals surface area contributed by atoms with Crippen LogP contribution in [0.15, 0.2) is 48.5 Å². The summed E-state index contributed by atoms with van der Waals surface area (Å²) < 4.78 is 12.8. The molecule has 0 aliphatic carbocycles. The van der Waals surface area contributed by atoms with Crippen molar-refractivity contribution in [3.8, 4) is 5.75 Å². The Morgan fingerprint density at radius 1 is 1.03 bits per heavy atom. The van der Waals surface area contributed by atoms with E-state index in [1.165, 1.54) is 0 Å². The molecule has 3 aromatic rings. The summed E-state index contributed by atoms with van der Waals surface area (Å²) in [6.45, 7) is 4.60. The number of benzene rings is 2. The highest BCUT2D eigenvalue weighted by Gasteiger charge is 2.32. The predicted molar refractivity (Wildman–Crippen MR) is 120 cm³/mol. The maximum atomic E-state index is 6.20. The van der Waals surface area contributed by atoms with Crippen LogP contribution in [0.5, 0.6) is 5.75 Å². The van der Waals surface area contributed by atoms with E-state index in [1.807, 2.05) is 41.1 Å². The lowest BCUT2D eigenvalue weighted by molar-refractivity contribution is 0.171. The van der Waals surface area contributed by atoms with Crippen LogP contribution in [0.3, 0.4) is 0 Å². The summed E-state index contributed by atoms with van der Waals surface area (Å²) in [5, 5.41) is 13.3. The molecule has 0 saturated carbocycles.